The van der Waals surface area contributed by atoms with Crippen LogP contribution in [0.25, 0.3) is 10.9 Å². The molecule has 1 saturated carbocycles. The van der Waals surface area contributed by atoms with Crippen LogP contribution >= 0.6 is 11.6 Å². The van der Waals surface area contributed by atoms with E-state index in [4.69, 9.17) is 11.6 Å². The van der Waals surface area contributed by atoms with E-state index in [9.17, 15) is 9.59 Å². The first kappa shape index (κ1) is 18.2. The van der Waals surface area contributed by atoms with E-state index in [0.717, 1.165) is 22.9 Å². The van der Waals surface area contributed by atoms with Gasteiger partial charge in [0.15, 0.2) is 0 Å². The number of halogens is 1. The molecule has 0 radical (unpaired) electrons. The fourth-order valence-electron chi connectivity index (χ4n) is 4.18. The highest BCUT2D eigenvalue weighted by atomic mass is 35.5. The zero-order valence-corrected chi connectivity index (χ0v) is 16.1. The Balaban J connectivity index is 1.31. The fourth-order valence-corrected chi connectivity index (χ4v) is 4.35. The molecule has 1 fully saturated rings. The third-order valence-corrected chi connectivity index (χ3v) is 5.95. The van der Waals surface area contributed by atoms with E-state index in [1.54, 1.807) is 4.90 Å². The van der Waals surface area contributed by atoms with Crippen molar-refractivity contribution < 1.29 is 9.59 Å². The van der Waals surface area contributed by atoms with Crippen LogP contribution in [-0.2, 0) is 17.8 Å². The highest BCUT2D eigenvalue weighted by Crippen LogP contribution is 2.29. The van der Waals surface area contributed by atoms with Gasteiger partial charge in [-0.3, -0.25) is 4.79 Å². The van der Waals surface area contributed by atoms with Crippen molar-refractivity contribution in [1.82, 2.24) is 20.5 Å². The molecule has 2 aliphatic rings. The molecule has 1 aliphatic carbocycles. The average Bonchev–Trinajstić information content (AvgIpc) is 3.31. The number of aromatic nitrogens is 1. The van der Waals surface area contributed by atoms with Gasteiger partial charge in [-0.1, -0.05) is 24.4 Å². The number of carbonyl (C=O) groups is 2. The van der Waals surface area contributed by atoms with E-state index >= 15 is 0 Å². The van der Waals surface area contributed by atoms with Crippen molar-refractivity contribution in [2.45, 2.75) is 38.6 Å². The Bertz CT molecular complexity index is 857. The van der Waals surface area contributed by atoms with Gasteiger partial charge >= 0.3 is 6.03 Å². The van der Waals surface area contributed by atoms with Crippen molar-refractivity contribution in [1.29, 1.82) is 0 Å². The first-order valence-corrected chi connectivity index (χ1v) is 10.1. The van der Waals surface area contributed by atoms with Gasteiger partial charge in [0.1, 0.15) is 0 Å². The smallest absolute Gasteiger partial charge is 0.315 e. The predicted molar refractivity (Wildman–Crippen MR) is 106 cm³/mol. The molecule has 1 aromatic heterocycles. The Morgan fingerprint density at radius 2 is 2.04 bits per heavy atom. The summed E-state index contributed by atoms with van der Waals surface area (Å²) in [7, 11) is 0. The normalized spacial score (nSPS) is 17.1. The second-order valence-corrected chi connectivity index (χ2v) is 7.99. The summed E-state index contributed by atoms with van der Waals surface area (Å²) in [5.41, 5.74) is 3.33. The number of benzene rings is 1. The van der Waals surface area contributed by atoms with Crippen LogP contribution in [0, 0.1) is 5.92 Å². The standard InChI is InChI=1S/C20H25ClN4O2/c21-14-5-6-17-15(9-14)16-12-25(8-7-18(16)24-17)19(26)11-23-20(27)22-10-13-3-1-2-4-13/h5-6,9,13,24H,1-4,7-8,10-12H2,(H2,22,23,27). The largest absolute Gasteiger partial charge is 0.358 e. The Morgan fingerprint density at radius 3 is 2.85 bits per heavy atom. The molecule has 0 bridgehead atoms. The number of H-pyrrole nitrogens is 1. The minimum Gasteiger partial charge on any atom is -0.358 e. The molecule has 1 aromatic carbocycles. The summed E-state index contributed by atoms with van der Waals surface area (Å²) in [6.07, 6.45) is 5.65. The van der Waals surface area contributed by atoms with E-state index in [0.29, 0.717) is 30.6 Å². The summed E-state index contributed by atoms with van der Waals surface area (Å²) < 4.78 is 0. The van der Waals surface area contributed by atoms with E-state index in [2.05, 4.69) is 15.6 Å². The number of fused-ring (bicyclic) bond motifs is 3. The van der Waals surface area contributed by atoms with Crippen molar-refractivity contribution in [3.63, 3.8) is 0 Å². The molecule has 1 aliphatic heterocycles. The second-order valence-electron chi connectivity index (χ2n) is 7.55. The van der Waals surface area contributed by atoms with Crippen LogP contribution < -0.4 is 10.6 Å². The fraction of sp³-hybridized carbons (Fsp3) is 0.500. The van der Waals surface area contributed by atoms with Crippen molar-refractivity contribution >= 4 is 34.4 Å². The first-order chi connectivity index (χ1) is 13.1. The number of aromatic amines is 1. The summed E-state index contributed by atoms with van der Waals surface area (Å²) >= 11 is 6.13. The molecule has 144 valence electrons. The summed E-state index contributed by atoms with van der Waals surface area (Å²) in [5, 5.41) is 7.34. The van der Waals surface area contributed by atoms with Crippen LogP contribution in [0.2, 0.25) is 5.02 Å². The van der Waals surface area contributed by atoms with Gasteiger partial charge in [0.05, 0.1) is 6.54 Å². The van der Waals surface area contributed by atoms with Crippen molar-refractivity contribution in [2.75, 3.05) is 19.6 Å². The Kier molecular flexibility index (Phi) is 5.25. The maximum atomic E-state index is 12.5. The Hall–Kier alpha value is -2.21. The molecule has 7 heteroatoms. The maximum Gasteiger partial charge on any atom is 0.315 e. The van der Waals surface area contributed by atoms with Crippen LogP contribution in [0.15, 0.2) is 18.2 Å². The lowest BCUT2D eigenvalue weighted by molar-refractivity contribution is -0.130. The van der Waals surface area contributed by atoms with Crippen LogP contribution in [0.3, 0.4) is 0 Å². The minimum atomic E-state index is -0.258. The summed E-state index contributed by atoms with van der Waals surface area (Å²) in [6, 6.07) is 5.52. The van der Waals surface area contributed by atoms with E-state index in [-0.39, 0.29) is 18.5 Å². The highest BCUT2D eigenvalue weighted by molar-refractivity contribution is 6.31. The van der Waals surface area contributed by atoms with Gasteiger partial charge in [-0.15, -0.1) is 0 Å². The molecule has 3 amide bonds. The molecule has 0 saturated heterocycles. The molecule has 27 heavy (non-hydrogen) atoms. The van der Waals surface area contributed by atoms with Crippen LogP contribution in [-0.4, -0.2) is 41.5 Å². The summed E-state index contributed by atoms with van der Waals surface area (Å²) in [5.74, 6) is 0.522. The first-order valence-electron chi connectivity index (χ1n) is 9.68. The van der Waals surface area contributed by atoms with E-state index in [1.807, 2.05) is 18.2 Å². The number of amides is 3. The van der Waals surface area contributed by atoms with Gasteiger partial charge in [0.25, 0.3) is 0 Å². The van der Waals surface area contributed by atoms with Crippen molar-refractivity contribution in [3.8, 4) is 0 Å². The lowest BCUT2D eigenvalue weighted by Crippen LogP contribution is -2.45. The van der Waals surface area contributed by atoms with Crippen molar-refractivity contribution in [2.24, 2.45) is 5.92 Å². The summed E-state index contributed by atoms with van der Waals surface area (Å²) in [4.78, 5) is 29.7. The lowest BCUT2D eigenvalue weighted by atomic mass is 10.0. The van der Waals surface area contributed by atoms with Crippen LogP contribution in [0.1, 0.15) is 36.9 Å². The minimum absolute atomic E-state index is 0.0228. The van der Waals surface area contributed by atoms with Gasteiger partial charge in [-0.05, 0) is 37.0 Å². The monoisotopic (exact) mass is 388 g/mol. The number of hydrogen-bond donors (Lipinski definition) is 3. The average molecular weight is 389 g/mol. The van der Waals surface area contributed by atoms with Gasteiger partial charge in [-0.2, -0.15) is 0 Å². The van der Waals surface area contributed by atoms with E-state index < -0.39 is 0 Å². The number of rotatable bonds is 4. The molecule has 0 unspecified atom stereocenters. The maximum absolute atomic E-state index is 12.5. The number of nitrogens with zero attached hydrogens (tertiary/aromatic N) is 1. The predicted octanol–water partition coefficient (Wildman–Crippen LogP) is 3.20. The number of carbonyl (C=O) groups excluding carboxylic acids is 2. The van der Waals surface area contributed by atoms with Crippen molar-refractivity contribution in [3.05, 3.63) is 34.5 Å². The van der Waals surface area contributed by atoms with Crippen LogP contribution in [0.5, 0.6) is 0 Å². The topological polar surface area (TPSA) is 77.2 Å². The van der Waals surface area contributed by atoms with Crippen LogP contribution in [0.4, 0.5) is 4.79 Å². The number of nitrogens with one attached hydrogen (secondary N) is 3. The zero-order valence-electron chi connectivity index (χ0n) is 15.3. The quantitative estimate of drug-likeness (QED) is 0.752. The summed E-state index contributed by atoms with van der Waals surface area (Å²) in [6.45, 7) is 1.91. The van der Waals surface area contributed by atoms with Gasteiger partial charge in [0, 0.05) is 53.2 Å². The molecular formula is C20H25ClN4O2. The molecule has 2 heterocycles. The molecule has 0 spiro atoms. The highest BCUT2D eigenvalue weighted by Gasteiger charge is 2.24. The van der Waals surface area contributed by atoms with Gasteiger partial charge in [0.2, 0.25) is 5.91 Å². The SMILES string of the molecule is O=C(NCC(=O)N1CCc2[nH]c3ccc(Cl)cc3c2C1)NCC1CCCC1. The lowest BCUT2D eigenvalue weighted by Gasteiger charge is -2.27. The van der Waals surface area contributed by atoms with E-state index in [1.165, 1.54) is 31.4 Å². The number of urea groups is 1. The third-order valence-electron chi connectivity index (χ3n) is 5.72. The molecule has 6 nitrogen and oxygen atoms in total. The molecule has 3 N–H and O–H groups in total. The number of hydrogen-bond acceptors (Lipinski definition) is 2. The molecule has 2 aromatic rings. The Morgan fingerprint density at radius 1 is 1.22 bits per heavy atom. The second kappa shape index (κ2) is 7.80. The molecular weight excluding hydrogens is 364 g/mol. The van der Waals surface area contributed by atoms with Gasteiger partial charge < -0.3 is 20.5 Å². The molecule has 4 rings (SSSR count). The molecule has 0 atom stereocenters. The zero-order chi connectivity index (χ0) is 18.8. The third kappa shape index (κ3) is 4.05. The Labute approximate surface area is 163 Å². The van der Waals surface area contributed by atoms with Gasteiger partial charge in [-0.25, -0.2) is 4.79 Å².